The van der Waals surface area contributed by atoms with Crippen LogP contribution in [0.4, 0.5) is 0 Å². The first-order valence-electron chi connectivity index (χ1n) is 7.29. The van der Waals surface area contributed by atoms with Gasteiger partial charge < -0.3 is 0 Å². The van der Waals surface area contributed by atoms with E-state index in [9.17, 15) is 14.4 Å². The molecule has 2 amide bonds. The molecule has 2 aliphatic rings. The number of benzene rings is 1. The molecule has 1 aromatic carbocycles. The maximum Gasteiger partial charge on any atom is 0.254 e. The van der Waals surface area contributed by atoms with Crippen molar-refractivity contribution in [3.63, 3.8) is 0 Å². The Morgan fingerprint density at radius 2 is 1.86 bits per heavy atom. The van der Waals surface area contributed by atoms with Gasteiger partial charge in [0.15, 0.2) is 5.78 Å². The van der Waals surface area contributed by atoms with Crippen molar-refractivity contribution in [2.45, 2.75) is 38.1 Å². The maximum absolute atomic E-state index is 12.8. The van der Waals surface area contributed by atoms with Crippen LogP contribution >= 0.6 is 0 Å². The number of aryl methyl sites for hydroxylation is 1. The van der Waals surface area contributed by atoms with Crippen LogP contribution in [0.3, 0.4) is 0 Å². The Hall–Kier alpha value is -2.23. The van der Waals surface area contributed by atoms with E-state index in [4.69, 9.17) is 0 Å². The van der Waals surface area contributed by atoms with Gasteiger partial charge in [-0.1, -0.05) is 31.2 Å². The highest BCUT2D eigenvalue weighted by Crippen LogP contribution is 2.44. The third kappa shape index (κ3) is 1.86. The standard InChI is InChI=1S/C17H17NO3/c1-2-5-14(19)17(18-15(20)8-9-16(18)21)11-10-12-6-3-4-7-13(12)17/h3-4,6-9H,2,5,10-11H2,1H3. The SMILES string of the molecule is CCCC(=O)C1(N2C(=O)C=CC2=O)CCc2ccccc21. The monoisotopic (exact) mass is 283 g/mol. The Balaban J connectivity index is 2.17. The van der Waals surface area contributed by atoms with Crippen LogP contribution < -0.4 is 0 Å². The van der Waals surface area contributed by atoms with Gasteiger partial charge in [-0.25, -0.2) is 0 Å². The lowest BCUT2D eigenvalue weighted by atomic mass is 9.83. The summed E-state index contributed by atoms with van der Waals surface area (Å²) in [6.45, 7) is 1.93. The lowest BCUT2D eigenvalue weighted by Gasteiger charge is -2.36. The lowest BCUT2D eigenvalue weighted by molar-refractivity contribution is -0.152. The smallest absolute Gasteiger partial charge is 0.254 e. The molecule has 1 aliphatic heterocycles. The van der Waals surface area contributed by atoms with Gasteiger partial charge in [-0.15, -0.1) is 0 Å². The zero-order chi connectivity index (χ0) is 15.0. The molecule has 0 fully saturated rings. The molecule has 3 rings (SSSR count). The van der Waals surface area contributed by atoms with Crippen molar-refractivity contribution in [2.24, 2.45) is 0 Å². The van der Waals surface area contributed by atoms with Crippen LogP contribution in [0.2, 0.25) is 0 Å². The van der Waals surface area contributed by atoms with E-state index in [0.717, 1.165) is 16.0 Å². The van der Waals surface area contributed by atoms with E-state index in [-0.39, 0.29) is 17.6 Å². The minimum Gasteiger partial charge on any atom is -0.297 e. The number of hydrogen-bond acceptors (Lipinski definition) is 3. The van der Waals surface area contributed by atoms with Crippen LogP contribution in [0.25, 0.3) is 0 Å². The summed E-state index contributed by atoms with van der Waals surface area (Å²) in [5.74, 6) is -0.817. The summed E-state index contributed by atoms with van der Waals surface area (Å²) in [5, 5.41) is 0. The zero-order valence-corrected chi connectivity index (χ0v) is 12.0. The predicted octanol–water partition coefficient (Wildman–Crippen LogP) is 2.12. The molecule has 0 saturated carbocycles. The van der Waals surface area contributed by atoms with Crippen LogP contribution in [0.15, 0.2) is 36.4 Å². The Morgan fingerprint density at radius 3 is 2.52 bits per heavy atom. The van der Waals surface area contributed by atoms with Gasteiger partial charge in [0.05, 0.1) is 0 Å². The van der Waals surface area contributed by atoms with Gasteiger partial charge in [-0.05, 0) is 30.4 Å². The van der Waals surface area contributed by atoms with Gasteiger partial charge >= 0.3 is 0 Å². The molecule has 1 unspecified atom stereocenters. The number of carbonyl (C=O) groups excluding carboxylic acids is 3. The number of rotatable bonds is 4. The predicted molar refractivity (Wildman–Crippen MR) is 77.3 cm³/mol. The minimum absolute atomic E-state index is 0.0413. The van der Waals surface area contributed by atoms with Crippen molar-refractivity contribution < 1.29 is 14.4 Å². The number of fused-ring (bicyclic) bond motifs is 1. The number of carbonyl (C=O) groups is 3. The molecule has 1 heterocycles. The Morgan fingerprint density at radius 1 is 1.19 bits per heavy atom. The van der Waals surface area contributed by atoms with E-state index >= 15 is 0 Å². The second-order valence-corrected chi connectivity index (χ2v) is 5.54. The maximum atomic E-state index is 12.8. The van der Waals surface area contributed by atoms with Crippen LogP contribution in [0.5, 0.6) is 0 Å². The normalized spacial score (nSPS) is 23.8. The molecule has 108 valence electrons. The first-order chi connectivity index (χ1) is 10.1. The highest BCUT2D eigenvalue weighted by Gasteiger charge is 2.53. The van der Waals surface area contributed by atoms with Crippen molar-refractivity contribution in [1.29, 1.82) is 0 Å². The summed E-state index contributed by atoms with van der Waals surface area (Å²) in [6, 6.07) is 7.62. The summed E-state index contributed by atoms with van der Waals surface area (Å²) in [6.07, 6.45) is 4.78. The number of Topliss-reactive ketones (excluding diaryl/α,β-unsaturated/α-hetero) is 1. The zero-order valence-electron chi connectivity index (χ0n) is 12.0. The van der Waals surface area contributed by atoms with Crippen LogP contribution in [-0.2, 0) is 26.3 Å². The van der Waals surface area contributed by atoms with Gasteiger partial charge in [-0.2, -0.15) is 0 Å². The van der Waals surface area contributed by atoms with Gasteiger partial charge in [0.2, 0.25) is 0 Å². The third-order valence-corrected chi connectivity index (χ3v) is 4.35. The molecule has 21 heavy (non-hydrogen) atoms. The van der Waals surface area contributed by atoms with Gasteiger partial charge in [0.25, 0.3) is 11.8 Å². The number of nitrogens with zero attached hydrogens (tertiary/aromatic N) is 1. The molecular weight excluding hydrogens is 266 g/mol. The van der Waals surface area contributed by atoms with Gasteiger partial charge in [-0.3, -0.25) is 19.3 Å². The first-order valence-corrected chi connectivity index (χ1v) is 7.29. The molecular formula is C17H17NO3. The molecule has 0 aromatic heterocycles. The average Bonchev–Trinajstić information content (AvgIpc) is 3.01. The number of hydrogen-bond donors (Lipinski definition) is 0. The van der Waals surface area contributed by atoms with Crippen molar-refractivity contribution in [3.8, 4) is 0 Å². The highest BCUT2D eigenvalue weighted by molar-refractivity contribution is 6.16. The van der Waals surface area contributed by atoms with Crippen LogP contribution in [-0.4, -0.2) is 22.5 Å². The summed E-state index contributed by atoms with van der Waals surface area (Å²) >= 11 is 0. The average molecular weight is 283 g/mol. The van der Waals surface area contributed by atoms with Crippen molar-refractivity contribution >= 4 is 17.6 Å². The molecule has 4 heteroatoms. The fourth-order valence-electron chi connectivity index (χ4n) is 3.45. The number of imide groups is 1. The topological polar surface area (TPSA) is 54.5 Å². The summed E-state index contributed by atoms with van der Waals surface area (Å²) in [5.41, 5.74) is 0.757. The third-order valence-electron chi connectivity index (χ3n) is 4.35. The van der Waals surface area contributed by atoms with Crippen LogP contribution in [0.1, 0.15) is 37.3 Å². The second-order valence-electron chi connectivity index (χ2n) is 5.54. The first kappa shape index (κ1) is 13.7. The molecule has 1 aliphatic carbocycles. The Kier molecular flexibility index (Phi) is 3.24. The molecule has 0 radical (unpaired) electrons. The summed E-state index contributed by atoms with van der Waals surface area (Å²) in [7, 11) is 0. The van der Waals surface area contributed by atoms with Crippen molar-refractivity contribution in [3.05, 3.63) is 47.5 Å². The molecule has 0 N–H and O–H groups in total. The number of amides is 2. The van der Waals surface area contributed by atoms with E-state index in [2.05, 4.69) is 0 Å². The summed E-state index contributed by atoms with van der Waals surface area (Å²) in [4.78, 5) is 38.3. The lowest BCUT2D eigenvalue weighted by Crippen LogP contribution is -2.53. The quantitative estimate of drug-likeness (QED) is 0.795. The van der Waals surface area contributed by atoms with E-state index in [1.807, 2.05) is 31.2 Å². The molecule has 1 aromatic rings. The molecule has 1 atom stereocenters. The Bertz CT molecular complexity index is 644. The molecule has 4 nitrogen and oxygen atoms in total. The van der Waals surface area contributed by atoms with E-state index in [1.54, 1.807) is 0 Å². The van der Waals surface area contributed by atoms with Gasteiger partial charge in [0, 0.05) is 18.6 Å². The van der Waals surface area contributed by atoms with Gasteiger partial charge in [0.1, 0.15) is 5.54 Å². The highest BCUT2D eigenvalue weighted by atomic mass is 16.2. The molecule has 0 spiro atoms. The largest absolute Gasteiger partial charge is 0.297 e. The Labute approximate surface area is 123 Å². The van der Waals surface area contributed by atoms with E-state index in [1.165, 1.54) is 12.2 Å². The van der Waals surface area contributed by atoms with E-state index < -0.39 is 5.54 Å². The fourth-order valence-corrected chi connectivity index (χ4v) is 3.45. The molecule has 0 bridgehead atoms. The van der Waals surface area contributed by atoms with Crippen molar-refractivity contribution in [2.75, 3.05) is 0 Å². The number of ketones is 1. The van der Waals surface area contributed by atoms with Crippen molar-refractivity contribution in [1.82, 2.24) is 4.90 Å². The van der Waals surface area contributed by atoms with Crippen LogP contribution in [0, 0.1) is 0 Å². The van der Waals surface area contributed by atoms with E-state index in [0.29, 0.717) is 25.7 Å². The summed E-state index contributed by atoms with van der Waals surface area (Å²) < 4.78 is 0. The fraction of sp³-hybridized carbons (Fsp3) is 0.353. The molecule has 0 saturated heterocycles. The minimum atomic E-state index is -1.11. The second kappa shape index (κ2) is 4.95.